The Balaban J connectivity index is 2.13. The van der Waals surface area contributed by atoms with Crippen LogP contribution in [0.15, 0.2) is 18.2 Å². The molecule has 0 fully saturated rings. The van der Waals surface area contributed by atoms with E-state index in [4.69, 9.17) is 0 Å². The normalized spacial score (nSPS) is 15.6. The summed E-state index contributed by atoms with van der Waals surface area (Å²) < 4.78 is 0. The minimum atomic E-state index is 0.0399. The number of amides is 1. The van der Waals surface area contributed by atoms with E-state index in [0.29, 0.717) is 12.3 Å². The van der Waals surface area contributed by atoms with E-state index in [1.807, 2.05) is 18.2 Å². The molecule has 0 saturated heterocycles. The molecule has 92 valence electrons. The summed E-state index contributed by atoms with van der Waals surface area (Å²) in [7, 11) is 0. The lowest BCUT2D eigenvalue weighted by atomic mass is 10.0. The van der Waals surface area contributed by atoms with E-state index in [-0.39, 0.29) is 18.6 Å². The number of rotatable bonds is 4. The molecular weight excluding hydrogens is 216 g/mol. The average Bonchev–Trinajstić information content (AvgIpc) is 2.64. The van der Waals surface area contributed by atoms with E-state index < -0.39 is 0 Å². The molecule has 17 heavy (non-hydrogen) atoms. The lowest BCUT2D eigenvalue weighted by molar-refractivity contribution is -0.115. The van der Waals surface area contributed by atoms with Gasteiger partial charge in [-0.25, -0.2) is 0 Å². The van der Waals surface area contributed by atoms with Gasteiger partial charge in [0.1, 0.15) is 0 Å². The number of aliphatic hydroxyl groups is 1. The van der Waals surface area contributed by atoms with Crippen LogP contribution in [-0.4, -0.2) is 23.7 Å². The van der Waals surface area contributed by atoms with Gasteiger partial charge in [-0.2, -0.15) is 0 Å². The first kappa shape index (κ1) is 11.9. The van der Waals surface area contributed by atoms with Gasteiger partial charge >= 0.3 is 0 Å². The van der Waals surface area contributed by atoms with Crippen molar-refractivity contribution in [3.05, 3.63) is 23.8 Å². The van der Waals surface area contributed by atoms with Crippen molar-refractivity contribution in [2.24, 2.45) is 5.92 Å². The topological polar surface area (TPSA) is 61.4 Å². The lowest BCUT2D eigenvalue weighted by Gasteiger charge is -2.21. The summed E-state index contributed by atoms with van der Waals surface area (Å²) in [5.74, 6) is 0.396. The Bertz CT molecular complexity index is 429. The Kier molecular flexibility index (Phi) is 3.33. The molecule has 0 aromatic heterocycles. The smallest absolute Gasteiger partial charge is 0.228 e. The summed E-state index contributed by atoms with van der Waals surface area (Å²) in [5.41, 5.74) is 2.86. The molecule has 0 radical (unpaired) electrons. The number of fused-ring (bicyclic) bond motifs is 1. The molecule has 0 spiro atoms. The molecule has 1 atom stereocenters. The maximum atomic E-state index is 11.2. The highest BCUT2D eigenvalue weighted by molar-refractivity contribution is 5.99. The minimum absolute atomic E-state index is 0.0399. The highest BCUT2D eigenvalue weighted by Gasteiger charge is 2.18. The predicted molar refractivity (Wildman–Crippen MR) is 68.1 cm³/mol. The highest BCUT2D eigenvalue weighted by atomic mass is 16.3. The second-order valence-corrected chi connectivity index (χ2v) is 4.77. The number of benzene rings is 1. The van der Waals surface area contributed by atoms with Crippen LogP contribution in [0, 0.1) is 5.92 Å². The largest absolute Gasteiger partial charge is 0.394 e. The number of carbonyl (C=O) groups excluding carboxylic acids is 1. The third-order valence-corrected chi connectivity index (χ3v) is 3.08. The summed E-state index contributed by atoms with van der Waals surface area (Å²) in [6.07, 6.45) is 0.441. The quantitative estimate of drug-likeness (QED) is 0.741. The molecule has 1 aliphatic heterocycles. The van der Waals surface area contributed by atoms with E-state index >= 15 is 0 Å². The first-order chi connectivity index (χ1) is 8.10. The third-order valence-electron chi connectivity index (χ3n) is 3.08. The van der Waals surface area contributed by atoms with Gasteiger partial charge in [-0.3, -0.25) is 4.79 Å². The Morgan fingerprint density at radius 2 is 2.24 bits per heavy atom. The van der Waals surface area contributed by atoms with E-state index in [9.17, 15) is 9.90 Å². The Morgan fingerprint density at radius 3 is 2.88 bits per heavy atom. The fraction of sp³-hybridized carbons (Fsp3) is 0.462. The molecule has 0 bridgehead atoms. The number of aliphatic hydroxyl groups excluding tert-OH is 1. The van der Waals surface area contributed by atoms with Gasteiger partial charge in [0.25, 0.3) is 0 Å². The third kappa shape index (κ3) is 2.58. The number of anilines is 2. The van der Waals surface area contributed by atoms with Crippen LogP contribution >= 0.6 is 0 Å². The number of hydrogen-bond acceptors (Lipinski definition) is 3. The summed E-state index contributed by atoms with van der Waals surface area (Å²) in [6.45, 7) is 4.23. The van der Waals surface area contributed by atoms with Gasteiger partial charge in [0.15, 0.2) is 0 Å². The predicted octanol–water partition coefficient (Wildman–Crippen LogP) is 1.61. The van der Waals surface area contributed by atoms with Crippen molar-refractivity contribution >= 4 is 17.3 Å². The van der Waals surface area contributed by atoms with Crippen molar-refractivity contribution in [2.75, 3.05) is 17.2 Å². The van der Waals surface area contributed by atoms with Crippen molar-refractivity contribution < 1.29 is 9.90 Å². The van der Waals surface area contributed by atoms with Crippen molar-refractivity contribution in [3.8, 4) is 0 Å². The molecule has 0 saturated carbocycles. The maximum Gasteiger partial charge on any atom is 0.228 e. The fourth-order valence-corrected chi connectivity index (χ4v) is 1.96. The molecule has 1 aromatic carbocycles. The van der Waals surface area contributed by atoms with Gasteiger partial charge in [-0.1, -0.05) is 13.8 Å². The molecule has 2 rings (SSSR count). The van der Waals surface area contributed by atoms with E-state index in [2.05, 4.69) is 24.5 Å². The molecule has 1 aromatic rings. The molecule has 4 heteroatoms. The standard InChI is InChI=1S/C13H18N2O2/c1-8(2)12(7-16)14-10-3-4-11-9(5-10)6-13(17)15-11/h3-5,8,12,14,16H,6-7H2,1-2H3,(H,15,17). The monoisotopic (exact) mass is 234 g/mol. The van der Waals surface area contributed by atoms with Crippen LogP contribution in [0.1, 0.15) is 19.4 Å². The van der Waals surface area contributed by atoms with Crippen LogP contribution in [0.5, 0.6) is 0 Å². The second-order valence-electron chi connectivity index (χ2n) is 4.77. The Labute approximate surface area is 101 Å². The minimum Gasteiger partial charge on any atom is -0.394 e. The van der Waals surface area contributed by atoms with Crippen LogP contribution in [0.2, 0.25) is 0 Å². The van der Waals surface area contributed by atoms with Gasteiger partial charge in [0.05, 0.1) is 19.1 Å². The summed E-state index contributed by atoms with van der Waals surface area (Å²) in [5, 5.41) is 15.3. The zero-order valence-corrected chi connectivity index (χ0v) is 10.2. The SMILES string of the molecule is CC(C)C(CO)Nc1ccc2c(c1)CC(=O)N2. The molecule has 4 nitrogen and oxygen atoms in total. The van der Waals surface area contributed by atoms with Crippen molar-refractivity contribution in [1.82, 2.24) is 0 Å². The summed E-state index contributed by atoms with van der Waals surface area (Å²) in [4.78, 5) is 11.2. The number of carbonyl (C=O) groups is 1. The molecule has 0 aliphatic carbocycles. The summed E-state index contributed by atoms with van der Waals surface area (Å²) >= 11 is 0. The lowest BCUT2D eigenvalue weighted by Crippen LogP contribution is -2.29. The second kappa shape index (κ2) is 4.75. The van der Waals surface area contributed by atoms with Crippen LogP contribution in [0.4, 0.5) is 11.4 Å². The average molecular weight is 234 g/mol. The van der Waals surface area contributed by atoms with Crippen LogP contribution in [-0.2, 0) is 11.2 Å². The Morgan fingerprint density at radius 1 is 1.47 bits per heavy atom. The zero-order chi connectivity index (χ0) is 12.4. The molecule has 1 aliphatic rings. The van der Waals surface area contributed by atoms with Gasteiger partial charge in [-0.05, 0) is 29.7 Å². The highest BCUT2D eigenvalue weighted by Crippen LogP contribution is 2.26. The molecule has 1 amide bonds. The molecule has 3 N–H and O–H groups in total. The van der Waals surface area contributed by atoms with Crippen LogP contribution < -0.4 is 10.6 Å². The zero-order valence-electron chi connectivity index (χ0n) is 10.2. The van der Waals surface area contributed by atoms with Gasteiger partial charge < -0.3 is 15.7 Å². The number of nitrogens with one attached hydrogen (secondary N) is 2. The van der Waals surface area contributed by atoms with E-state index in [1.165, 1.54) is 0 Å². The van der Waals surface area contributed by atoms with Gasteiger partial charge in [0.2, 0.25) is 5.91 Å². The van der Waals surface area contributed by atoms with Gasteiger partial charge in [0, 0.05) is 11.4 Å². The molecular formula is C13H18N2O2. The number of hydrogen-bond donors (Lipinski definition) is 3. The van der Waals surface area contributed by atoms with E-state index in [0.717, 1.165) is 16.9 Å². The molecule has 1 unspecified atom stereocenters. The van der Waals surface area contributed by atoms with Crippen molar-refractivity contribution in [2.45, 2.75) is 26.3 Å². The Hall–Kier alpha value is -1.55. The first-order valence-electron chi connectivity index (χ1n) is 5.90. The maximum absolute atomic E-state index is 11.2. The van der Waals surface area contributed by atoms with Crippen molar-refractivity contribution in [3.63, 3.8) is 0 Å². The van der Waals surface area contributed by atoms with E-state index in [1.54, 1.807) is 0 Å². The van der Waals surface area contributed by atoms with Gasteiger partial charge in [-0.15, -0.1) is 0 Å². The summed E-state index contributed by atoms with van der Waals surface area (Å²) in [6, 6.07) is 5.84. The van der Waals surface area contributed by atoms with Crippen LogP contribution in [0.3, 0.4) is 0 Å². The van der Waals surface area contributed by atoms with Crippen LogP contribution in [0.25, 0.3) is 0 Å². The fourth-order valence-electron chi connectivity index (χ4n) is 1.96. The van der Waals surface area contributed by atoms with Crippen molar-refractivity contribution in [1.29, 1.82) is 0 Å². The first-order valence-corrected chi connectivity index (χ1v) is 5.90. The molecule has 1 heterocycles.